The van der Waals surface area contributed by atoms with Gasteiger partial charge < -0.3 is 24.2 Å². The molecule has 7 nitrogen and oxygen atoms in total. The molecule has 0 radical (unpaired) electrons. The summed E-state index contributed by atoms with van der Waals surface area (Å²) < 4.78 is 16.1. The van der Waals surface area contributed by atoms with Gasteiger partial charge in [0.25, 0.3) is 0 Å². The van der Waals surface area contributed by atoms with Crippen molar-refractivity contribution in [2.45, 2.75) is 32.6 Å². The minimum Gasteiger partial charge on any atom is -0.494 e. The molecular formula is C20H29NO6. The average molecular weight is 379 g/mol. The van der Waals surface area contributed by atoms with Crippen LogP contribution < -0.4 is 9.47 Å². The summed E-state index contributed by atoms with van der Waals surface area (Å²) in [5.74, 6) is 0.587. The summed E-state index contributed by atoms with van der Waals surface area (Å²) in [6.07, 6.45) is 2.11. The molecule has 0 aromatic heterocycles. The summed E-state index contributed by atoms with van der Waals surface area (Å²) in [6.45, 7) is 3.89. The maximum atomic E-state index is 12.5. The number of carbonyl (C=O) groups is 2. The Morgan fingerprint density at radius 1 is 1.19 bits per heavy atom. The van der Waals surface area contributed by atoms with Crippen LogP contribution >= 0.6 is 0 Å². The van der Waals surface area contributed by atoms with Crippen molar-refractivity contribution in [3.63, 3.8) is 0 Å². The number of carbonyl (C=O) groups excluding carboxylic acids is 1. The van der Waals surface area contributed by atoms with E-state index in [1.165, 1.54) is 7.11 Å². The van der Waals surface area contributed by atoms with E-state index in [1.54, 1.807) is 4.90 Å². The van der Waals surface area contributed by atoms with Crippen LogP contribution in [0.3, 0.4) is 0 Å². The topological polar surface area (TPSA) is 85.3 Å². The van der Waals surface area contributed by atoms with Crippen LogP contribution in [-0.4, -0.2) is 61.9 Å². The number of carboxylic acids is 1. The van der Waals surface area contributed by atoms with Crippen LogP contribution in [0.15, 0.2) is 24.3 Å². The van der Waals surface area contributed by atoms with Gasteiger partial charge >= 0.3 is 5.97 Å². The number of hydrogen-bond donors (Lipinski definition) is 1. The summed E-state index contributed by atoms with van der Waals surface area (Å²) in [6, 6.07) is 7.37. The molecule has 1 aromatic carbocycles. The highest BCUT2D eigenvalue weighted by Gasteiger charge is 2.43. The van der Waals surface area contributed by atoms with Crippen molar-refractivity contribution in [3.8, 4) is 11.5 Å². The Morgan fingerprint density at radius 3 is 2.44 bits per heavy atom. The predicted octanol–water partition coefficient (Wildman–Crippen LogP) is 2.58. The fraction of sp³-hybridized carbons (Fsp3) is 0.600. The van der Waals surface area contributed by atoms with Gasteiger partial charge in [-0.3, -0.25) is 9.59 Å². The molecule has 1 atom stereocenters. The van der Waals surface area contributed by atoms with Gasteiger partial charge in [0, 0.05) is 26.6 Å². The van der Waals surface area contributed by atoms with Gasteiger partial charge in [-0.25, -0.2) is 0 Å². The van der Waals surface area contributed by atoms with E-state index in [0.29, 0.717) is 45.4 Å². The fourth-order valence-electron chi connectivity index (χ4n) is 3.35. The summed E-state index contributed by atoms with van der Waals surface area (Å²) in [7, 11) is 1.49. The molecule has 1 aromatic rings. The van der Waals surface area contributed by atoms with E-state index >= 15 is 0 Å². The summed E-state index contributed by atoms with van der Waals surface area (Å²) >= 11 is 0. The zero-order chi connectivity index (χ0) is 19.7. The van der Waals surface area contributed by atoms with E-state index < -0.39 is 11.4 Å². The molecule has 0 bridgehead atoms. The van der Waals surface area contributed by atoms with Crippen molar-refractivity contribution in [1.82, 2.24) is 4.90 Å². The second-order valence-electron chi connectivity index (χ2n) is 6.79. The van der Waals surface area contributed by atoms with E-state index in [4.69, 9.17) is 14.2 Å². The number of carboxylic acid groups (broad SMARTS) is 1. The first-order valence-corrected chi connectivity index (χ1v) is 9.36. The van der Waals surface area contributed by atoms with Crippen LogP contribution in [-0.2, 0) is 14.3 Å². The number of methoxy groups -OCH3 is 1. The second-order valence-corrected chi connectivity index (χ2v) is 6.79. The lowest BCUT2D eigenvalue weighted by molar-refractivity contribution is -0.159. The molecule has 27 heavy (non-hydrogen) atoms. The van der Waals surface area contributed by atoms with Crippen molar-refractivity contribution in [2.75, 3.05) is 40.0 Å². The number of aliphatic carboxylic acids is 1. The molecule has 0 aliphatic carbocycles. The lowest BCUT2D eigenvalue weighted by atomic mass is 9.80. The number of likely N-dealkylation sites (tertiary alicyclic amines) is 1. The first-order valence-electron chi connectivity index (χ1n) is 9.36. The quantitative estimate of drug-likeness (QED) is 0.629. The third kappa shape index (κ3) is 5.85. The van der Waals surface area contributed by atoms with Crippen LogP contribution in [0.4, 0.5) is 0 Å². The summed E-state index contributed by atoms with van der Waals surface area (Å²) in [5, 5.41) is 9.57. The number of rotatable bonds is 10. The molecule has 0 saturated carbocycles. The number of benzene rings is 1. The molecular weight excluding hydrogens is 350 g/mol. The summed E-state index contributed by atoms with van der Waals surface area (Å²) in [4.78, 5) is 25.8. The maximum absolute atomic E-state index is 12.5. The highest BCUT2D eigenvalue weighted by Crippen LogP contribution is 2.31. The molecule has 1 fully saturated rings. The Morgan fingerprint density at radius 2 is 1.85 bits per heavy atom. The van der Waals surface area contributed by atoms with Crippen molar-refractivity contribution in [1.29, 1.82) is 0 Å². The molecule has 150 valence electrons. The largest absolute Gasteiger partial charge is 0.494 e. The Bertz CT molecular complexity index is 613. The van der Waals surface area contributed by atoms with E-state index in [-0.39, 0.29) is 19.1 Å². The molecule has 1 amide bonds. The van der Waals surface area contributed by atoms with Gasteiger partial charge in [0.15, 0.2) is 0 Å². The van der Waals surface area contributed by atoms with E-state index in [0.717, 1.165) is 11.5 Å². The molecule has 1 heterocycles. The van der Waals surface area contributed by atoms with Gasteiger partial charge in [-0.15, -0.1) is 0 Å². The van der Waals surface area contributed by atoms with Crippen molar-refractivity contribution < 1.29 is 28.9 Å². The number of hydrogen-bond acceptors (Lipinski definition) is 5. The van der Waals surface area contributed by atoms with Gasteiger partial charge in [0.1, 0.15) is 16.9 Å². The number of ether oxygens (including phenoxy) is 3. The Kier molecular flexibility index (Phi) is 7.91. The van der Waals surface area contributed by atoms with E-state index in [1.807, 2.05) is 31.2 Å². The number of amides is 1. The van der Waals surface area contributed by atoms with Crippen molar-refractivity contribution in [3.05, 3.63) is 24.3 Å². The standard InChI is InChI=1S/C20H29NO6/c1-3-26-16-7-9-17(10-8-16)27-13-4-6-18(22)21-12-5-11-20(14-21,15-25-2)19(23)24/h7-10H,3-6,11-15H2,1-2H3,(H,23,24). The van der Waals surface area contributed by atoms with Crippen LogP contribution in [0.2, 0.25) is 0 Å². The Hall–Kier alpha value is -2.28. The highest BCUT2D eigenvalue weighted by atomic mass is 16.5. The van der Waals surface area contributed by atoms with E-state index in [2.05, 4.69) is 0 Å². The SMILES string of the molecule is CCOc1ccc(OCCCC(=O)N2CCCC(COC)(C(=O)O)C2)cc1. The lowest BCUT2D eigenvalue weighted by Gasteiger charge is -2.39. The zero-order valence-corrected chi connectivity index (χ0v) is 16.1. The minimum absolute atomic E-state index is 0.0354. The third-order valence-corrected chi connectivity index (χ3v) is 4.74. The molecule has 1 aliphatic heterocycles. The number of nitrogens with zero attached hydrogens (tertiary/aromatic N) is 1. The molecule has 2 rings (SSSR count). The predicted molar refractivity (Wildman–Crippen MR) is 100 cm³/mol. The van der Waals surface area contributed by atoms with Crippen LogP contribution in [0.1, 0.15) is 32.6 Å². The molecule has 7 heteroatoms. The van der Waals surface area contributed by atoms with Crippen LogP contribution in [0.5, 0.6) is 11.5 Å². The normalized spacial score (nSPS) is 19.6. The second kappa shape index (κ2) is 10.2. The molecule has 1 saturated heterocycles. The smallest absolute Gasteiger partial charge is 0.313 e. The average Bonchev–Trinajstić information content (AvgIpc) is 2.67. The molecule has 0 spiro atoms. The number of piperidine rings is 1. The molecule has 1 aliphatic rings. The highest BCUT2D eigenvalue weighted by molar-refractivity contribution is 5.79. The van der Waals surface area contributed by atoms with Gasteiger partial charge in [-0.05, 0) is 50.5 Å². The van der Waals surface area contributed by atoms with Crippen molar-refractivity contribution in [2.24, 2.45) is 5.41 Å². The fourth-order valence-corrected chi connectivity index (χ4v) is 3.35. The lowest BCUT2D eigenvalue weighted by Crippen LogP contribution is -2.52. The summed E-state index contributed by atoms with van der Waals surface area (Å²) in [5.41, 5.74) is -0.999. The first-order chi connectivity index (χ1) is 13.0. The first kappa shape index (κ1) is 21.0. The van der Waals surface area contributed by atoms with Gasteiger partial charge in [0.05, 0.1) is 19.8 Å². The zero-order valence-electron chi connectivity index (χ0n) is 16.1. The minimum atomic E-state index is -0.999. The van der Waals surface area contributed by atoms with E-state index in [9.17, 15) is 14.7 Å². The third-order valence-electron chi connectivity index (χ3n) is 4.74. The van der Waals surface area contributed by atoms with Crippen LogP contribution in [0.25, 0.3) is 0 Å². The van der Waals surface area contributed by atoms with Crippen molar-refractivity contribution >= 4 is 11.9 Å². The van der Waals surface area contributed by atoms with Gasteiger partial charge in [-0.1, -0.05) is 0 Å². The Labute approximate surface area is 160 Å². The van der Waals surface area contributed by atoms with Gasteiger partial charge in [-0.2, -0.15) is 0 Å². The molecule has 1 N–H and O–H groups in total. The molecule has 1 unspecified atom stereocenters. The van der Waals surface area contributed by atoms with Crippen LogP contribution in [0, 0.1) is 5.41 Å². The Balaban J connectivity index is 1.77. The maximum Gasteiger partial charge on any atom is 0.313 e. The monoisotopic (exact) mass is 379 g/mol. The van der Waals surface area contributed by atoms with Gasteiger partial charge in [0.2, 0.25) is 5.91 Å².